The molecule has 2 aromatic rings. The van der Waals surface area contributed by atoms with Gasteiger partial charge in [0, 0.05) is 43.0 Å². The Labute approximate surface area is 171 Å². The molecule has 3 heterocycles. The maximum Gasteiger partial charge on any atom is 0.165 e. The van der Waals surface area contributed by atoms with E-state index in [1.165, 1.54) is 6.42 Å². The summed E-state index contributed by atoms with van der Waals surface area (Å²) in [5.74, 6) is 0.985. The third kappa shape index (κ3) is 4.00. The highest BCUT2D eigenvalue weighted by Gasteiger charge is 2.33. The number of ether oxygens (including phenoxy) is 1. The number of aromatic nitrogens is 1. The molecule has 0 amide bonds. The van der Waals surface area contributed by atoms with Crippen molar-refractivity contribution in [3.63, 3.8) is 0 Å². The molecule has 2 fully saturated rings. The topological polar surface area (TPSA) is 50.9 Å². The molecule has 1 aliphatic carbocycles. The lowest BCUT2D eigenvalue weighted by molar-refractivity contribution is -0.0204. The second-order valence-corrected chi connectivity index (χ2v) is 9.20. The number of ketones is 1. The van der Waals surface area contributed by atoms with E-state index < -0.39 is 5.60 Å². The first-order valence-corrected chi connectivity index (χ1v) is 11.0. The number of rotatable bonds is 5. The molecule has 4 nitrogen and oxygen atoms in total. The summed E-state index contributed by atoms with van der Waals surface area (Å²) in [5, 5.41) is 11.5. The third-order valence-electron chi connectivity index (χ3n) is 6.60. The standard InChI is InChI=1S/C23H30ClNO3/c1-16-4-2-9-23(27,15-16)10-6-21(26)18-14-20(17-7-12-28-13-8-17)25-11-3-5-19(24)22(18)25/h3,5,11,14,16-17,27H,2,4,6-10,12-13,15H2,1H3/t16-,23+/m1/s1. The first-order chi connectivity index (χ1) is 13.5. The molecule has 2 aliphatic rings. The zero-order valence-corrected chi connectivity index (χ0v) is 17.4. The van der Waals surface area contributed by atoms with Crippen LogP contribution >= 0.6 is 11.6 Å². The third-order valence-corrected chi connectivity index (χ3v) is 6.90. The van der Waals surface area contributed by atoms with E-state index in [1.807, 2.05) is 24.4 Å². The van der Waals surface area contributed by atoms with Gasteiger partial charge in [-0.15, -0.1) is 0 Å². The van der Waals surface area contributed by atoms with Crippen molar-refractivity contribution in [1.82, 2.24) is 4.40 Å². The number of hydrogen-bond acceptors (Lipinski definition) is 3. The number of halogens is 1. The van der Waals surface area contributed by atoms with Crippen molar-refractivity contribution in [2.75, 3.05) is 13.2 Å². The lowest BCUT2D eigenvalue weighted by Gasteiger charge is -2.35. The van der Waals surface area contributed by atoms with Gasteiger partial charge in [0.25, 0.3) is 0 Å². The number of aliphatic hydroxyl groups is 1. The van der Waals surface area contributed by atoms with Gasteiger partial charge in [-0.05, 0) is 56.2 Å². The molecule has 2 aromatic heterocycles. The van der Waals surface area contributed by atoms with Gasteiger partial charge in [-0.2, -0.15) is 0 Å². The van der Waals surface area contributed by atoms with E-state index in [1.54, 1.807) is 0 Å². The summed E-state index contributed by atoms with van der Waals surface area (Å²) in [5.41, 5.74) is 1.95. The molecule has 4 rings (SSSR count). The molecular formula is C23H30ClNO3. The molecule has 2 atom stereocenters. The van der Waals surface area contributed by atoms with Gasteiger partial charge in [0.1, 0.15) is 0 Å². The smallest absolute Gasteiger partial charge is 0.165 e. The molecule has 0 aromatic carbocycles. The Bertz CT molecular complexity index is 855. The minimum absolute atomic E-state index is 0.0792. The summed E-state index contributed by atoms with van der Waals surface area (Å²) in [6, 6.07) is 5.81. The van der Waals surface area contributed by atoms with E-state index in [2.05, 4.69) is 11.3 Å². The van der Waals surface area contributed by atoms with Crippen LogP contribution in [0.25, 0.3) is 5.52 Å². The SMILES string of the molecule is C[C@@H]1CCC[C@](O)(CCC(=O)c2cc(C3CCOCC3)n3cccc(Cl)c23)C1. The minimum Gasteiger partial charge on any atom is -0.390 e. The van der Waals surface area contributed by atoms with Crippen molar-refractivity contribution in [3.05, 3.63) is 40.7 Å². The van der Waals surface area contributed by atoms with Crippen LogP contribution in [0.5, 0.6) is 0 Å². The fourth-order valence-corrected chi connectivity index (χ4v) is 5.37. The molecule has 0 radical (unpaired) electrons. The zero-order chi connectivity index (χ0) is 19.7. The molecule has 1 saturated heterocycles. The van der Waals surface area contributed by atoms with E-state index in [0.717, 1.165) is 56.5 Å². The number of hydrogen-bond donors (Lipinski definition) is 1. The molecule has 0 unspecified atom stereocenters. The van der Waals surface area contributed by atoms with Crippen LogP contribution in [0.15, 0.2) is 24.4 Å². The van der Waals surface area contributed by atoms with Crippen LogP contribution in [0.4, 0.5) is 0 Å². The minimum atomic E-state index is -0.698. The summed E-state index contributed by atoms with van der Waals surface area (Å²) in [6.45, 7) is 3.70. The van der Waals surface area contributed by atoms with Gasteiger partial charge in [0.15, 0.2) is 5.78 Å². The van der Waals surface area contributed by atoms with Crippen LogP contribution in [0.2, 0.25) is 5.02 Å². The van der Waals surface area contributed by atoms with Gasteiger partial charge in [-0.3, -0.25) is 4.79 Å². The maximum atomic E-state index is 13.2. The molecule has 0 bridgehead atoms. The summed E-state index contributed by atoms with van der Waals surface area (Å²) >= 11 is 6.51. The summed E-state index contributed by atoms with van der Waals surface area (Å²) in [7, 11) is 0. The van der Waals surface area contributed by atoms with Crippen LogP contribution in [-0.2, 0) is 4.74 Å². The van der Waals surface area contributed by atoms with E-state index in [9.17, 15) is 9.90 Å². The Balaban J connectivity index is 1.59. The van der Waals surface area contributed by atoms with Gasteiger partial charge >= 0.3 is 0 Å². The van der Waals surface area contributed by atoms with Crippen LogP contribution < -0.4 is 0 Å². The Morgan fingerprint density at radius 1 is 1.36 bits per heavy atom. The van der Waals surface area contributed by atoms with Crippen molar-refractivity contribution >= 4 is 22.9 Å². The molecule has 152 valence electrons. The normalized spacial score (nSPS) is 26.6. The van der Waals surface area contributed by atoms with Gasteiger partial charge in [-0.25, -0.2) is 0 Å². The number of carbonyl (C=O) groups is 1. The fraction of sp³-hybridized carbons (Fsp3) is 0.609. The van der Waals surface area contributed by atoms with Gasteiger partial charge < -0.3 is 14.2 Å². The monoisotopic (exact) mass is 403 g/mol. The lowest BCUT2D eigenvalue weighted by Crippen LogP contribution is -2.35. The Morgan fingerprint density at radius 3 is 2.89 bits per heavy atom. The summed E-state index contributed by atoms with van der Waals surface area (Å²) < 4.78 is 7.59. The van der Waals surface area contributed by atoms with E-state index in [-0.39, 0.29) is 5.78 Å². The number of carbonyl (C=O) groups excluding carboxylic acids is 1. The van der Waals surface area contributed by atoms with Crippen LogP contribution in [0.1, 0.15) is 80.3 Å². The van der Waals surface area contributed by atoms with E-state index >= 15 is 0 Å². The molecule has 1 N–H and O–H groups in total. The zero-order valence-electron chi connectivity index (χ0n) is 16.6. The van der Waals surface area contributed by atoms with E-state index in [0.29, 0.717) is 35.3 Å². The lowest BCUT2D eigenvalue weighted by atomic mass is 9.76. The Kier molecular flexibility index (Phi) is 5.82. The molecule has 28 heavy (non-hydrogen) atoms. The summed E-state index contributed by atoms with van der Waals surface area (Å²) in [6.07, 6.45) is 8.63. The van der Waals surface area contributed by atoms with Gasteiger partial charge in [-0.1, -0.05) is 31.4 Å². The fourth-order valence-electron chi connectivity index (χ4n) is 5.10. The van der Waals surface area contributed by atoms with Crippen LogP contribution in [0.3, 0.4) is 0 Å². The highest BCUT2D eigenvalue weighted by Crippen LogP contribution is 2.37. The number of fused-ring (bicyclic) bond motifs is 1. The van der Waals surface area contributed by atoms with Crippen molar-refractivity contribution in [2.45, 2.75) is 69.8 Å². The predicted octanol–water partition coefficient (Wildman–Crippen LogP) is 5.39. The molecule has 1 saturated carbocycles. The molecular weight excluding hydrogens is 374 g/mol. The predicted molar refractivity (Wildman–Crippen MR) is 111 cm³/mol. The van der Waals surface area contributed by atoms with Crippen molar-refractivity contribution in [2.24, 2.45) is 5.92 Å². The Hall–Kier alpha value is -1.36. The van der Waals surface area contributed by atoms with E-state index in [4.69, 9.17) is 16.3 Å². The molecule has 5 heteroatoms. The van der Waals surface area contributed by atoms with Gasteiger partial charge in [0.05, 0.1) is 16.1 Å². The maximum absolute atomic E-state index is 13.2. The Morgan fingerprint density at radius 2 is 2.14 bits per heavy atom. The molecule has 0 spiro atoms. The number of nitrogens with zero attached hydrogens (tertiary/aromatic N) is 1. The highest BCUT2D eigenvalue weighted by atomic mass is 35.5. The first-order valence-electron chi connectivity index (χ1n) is 10.6. The quantitative estimate of drug-likeness (QED) is 0.681. The summed E-state index contributed by atoms with van der Waals surface area (Å²) in [4.78, 5) is 13.2. The van der Waals surface area contributed by atoms with Crippen molar-refractivity contribution < 1.29 is 14.6 Å². The van der Waals surface area contributed by atoms with Crippen molar-refractivity contribution in [3.8, 4) is 0 Å². The average Bonchev–Trinajstić information content (AvgIpc) is 3.08. The second kappa shape index (κ2) is 8.17. The first kappa shape index (κ1) is 19.9. The highest BCUT2D eigenvalue weighted by molar-refractivity contribution is 6.35. The van der Waals surface area contributed by atoms with Crippen molar-refractivity contribution in [1.29, 1.82) is 0 Å². The number of Topliss-reactive ketones (excluding diaryl/α,β-unsaturated/α-hetero) is 1. The molecule has 1 aliphatic heterocycles. The number of pyridine rings is 1. The largest absolute Gasteiger partial charge is 0.390 e. The second-order valence-electron chi connectivity index (χ2n) is 8.79. The van der Waals surface area contributed by atoms with Gasteiger partial charge in [0.2, 0.25) is 0 Å². The average molecular weight is 404 g/mol. The van der Waals surface area contributed by atoms with Crippen LogP contribution in [-0.4, -0.2) is 34.1 Å². The van der Waals surface area contributed by atoms with Crippen LogP contribution in [0, 0.1) is 5.92 Å².